The SMILES string of the molecule is CC(C)C(Nc1ccc(Br)cc1C(N)=S)c1cccs1. The number of thiocarbonyl (C=S) groups is 1. The third-order valence-electron chi connectivity index (χ3n) is 3.07. The van der Waals surface area contributed by atoms with E-state index in [0.717, 1.165) is 15.7 Å². The molecule has 1 atom stereocenters. The molecule has 2 rings (SSSR count). The zero-order valence-electron chi connectivity index (χ0n) is 11.4. The van der Waals surface area contributed by atoms with Crippen LogP contribution in [0.1, 0.15) is 30.3 Å². The number of nitrogens with one attached hydrogen (secondary N) is 1. The number of hydrogen-bond acceptors (Lipinski definition) is 3. The lowest BCUT2D eigenvalue weighted by molar-refractivity contribution is 0.554. The summed E-state index contributed by atoms with van der Waals surface area (Å²) in [6.07, 6.45) is 0. The summed E-state index contributed by atoms with van der Waals surface area (Å²) in [6.45, 7) is 4.41. The molecule has 0 bridgehead atoms. The zero-order chi connectivity index (χ0) is 14.7. The van der Waals surface area contributed by atoms with Crippen molar-refractivity contribution in [1.82, 2.24) is 0 Å². The minimum Gasteiger partial charge on any atom is -0.389 e. The van der Waals surface area contributed by atoms with Gasteiger partial charge in [-0.05, 0) is 35.6 Å². The number of hydrogen-bond donors (Lipinski definition) is 2. The zero-order valence-corrected chi connectivity index (χ0v) is 14.6. The van der Waals surface area contributed by atoms with E-state index in [1.165, 1.54) is 4.88 Å². The Morgan fingerprint density at radius 2 is 2.10 bits per heavy atom. The highest BCUT2D eigenvalue weighted by Crippen LogP contribution is 2.31. The largest absolute Gasteiger partial charge is 0.389 e. The Morgan fingerprint density at radius 1 is 1.35 bits per heavy atom. The first-order valence-electron chi connectivity index (χ1n) is 6.38. The van der Waals surface area contributed by atoms with Crippen LogP contribution >= 0.6 is 39.5 Å². The van der Waals surface area contributed by atoms with E-state index in [2.05, 4.69) is 52.6 Å². The summed E-state index contributed by atoms with van der Waals surface area (Å²) in [7, 11) is 0. The van der Waals surface area contributed by atoms with E-state index < -0.39 is 0 Å². The molecule has 0 radical (unpaired) electrons. The van der Waals surface area contributed by atoms with Crippen molar-refractivity contribution < 1.29 is 0 Å². The molecule has 0 saturated carbocycles. The van der Waals surface area contributed by atoms with Gasteiger partial charge in [0.2, 0.25) is 0 Å². The number of benzene rings is 1. The van der Waals surface area contributed by atoms with Gasteiger partial charge in [-0.3, -0.25) is 0 Å². The Labute approximate surface area is 137 Å². The van der Waals surface area contributed by atoms with Crippen molar-refractivity contribution in [2.75, 3.05) is 5.32 Å². The van der Waals surface area contributed by atoms with Gasteiger partial charge in [-0.15, -0.1) is 11.3 Å². The number of rotatable bonds is 5. The molecule has 0 spiro atoms. The van der Waals surface area contributed by atoms with E-state index in [-0.39, 0.29) is 6.04 Å². The van der Waals surface area contributed by atoms with Gasteiger partial charge >= 0.3 is 0 Å². The highest BCUT2D eigenvalue weighted by molar-refractivity contribution is 9.10. The standard InChI is InChI=1S/C15H17BrN2S2/c1-9(2)14(13-4-3-7-20-13)18-12-6-5-10(16)8-11(12)15(17)19/h3-9,14,18H,1-2H3,(H2,17,19). The molecular formula is C15H17BrN2S2. The Hall–Kier alpha value is -0.910. The maximum absolute atomic E-state index is 5.83. The van der Waals surface area contributed by atoms with E-state index in [9.17, 15) is 0 Å². The first-order chi connectivity index (χ1) is 9.49. The predicted octanol–water partition coefficient (Wildman–Crippen LogP) is 4.95. The predicted molar refractivity (Wildman–Crippen MR) is 95.6 cm³/mol. The van der Waals surface area contributed by atoms with E-state index in [4.69, 9.17) is 18.0 Å². The van der Waals surface area contributed by atoms with Gasteiger partial charge in [0, 0.05) is 20.6 Å². The Morgan fingerprint density at radius 3 is 2.65 bits per heavy atom. The van der Waals surface area contributed by atoms with Crippen LogP contribution in [-0.4, -0.2) is 4.99 Å². The van der Waals surface area contributed by atoms with Crippen LogP contribution in [0, 0.1) is 5.92 Å². The van der Waals surface area contributed by atoms with E-state index in [0.29, 0.717) is 10.9 Å². The monoisotopic (exact) mass is 368 g/mol. The summed E-state index contributed by atoms with van der Waals surface area (Å²) < 4.78 is 0.975. The second-order valence-electron chi connectivity index (χ2n) is 4.94. The summed E-state index contributed by atoms with van der Waals surface area (Å²) in [6, 6.07) is 10.5. The molecule has 0 aliphatic rings. The van der Waals surface area contributed by atoms with Gasteiger partial charge in [-0.1, -0.05) is 48.1 Å². The third kappa shape index (κ3) is 3.59. The molecule has 3 N–H and O–H groups in total. The lowest BCUT2D eigenvalue weighted by Crippen LogP contribution is -2.19. The Bertz CT molecular complexity index is 594. The molecule has 20 heavy (non-hydrogen) atoms. The van der Waals surface area contributed by atoms with Crippen LogP contribution in [-0.2, 0) is 0 Å². The molecule has 0 saturated heterocycles. The minimum absolute atomic E-state index is 0.254. The highest BCUT2D eigenvalue weighted by atomic mass is 79.9. The second-order valence-corrected chi connectivity index (χ2v) is 7.27. The van der Waals surface area contributed by atoms with Crippen molar-refractivity contribution in [1.29, 1.82) is 0 Å². The summed E-state index contributed by atoms with van der Waals surface area (Å²) >= 11 is 10.4. The summed E-state index contributed by atoms with van der Waals surface area (Å²) in [5.74, 6) is 0.469. The second kappa shape index (κ2) is 6.70. The molecule has 1 unspecified atom stereocenters. The summed E-state index contributed by atoms with van der Waals surface area (Å²) in [4.78, 5) is 1.72. The van der Waals surface area contributed by atoms with Crippen LogP contribution in [0.15, 0.2) is 40.2 Å². The molecule has 2 nitrogen and oxygen atoms in total. The van der Waals surface area contributed by atoms with Gasteiger partial charge in [0.25, 0.3) is 0 Å². The fourth-order valence-electron chi connectivity index (χ4n) is 2.05. The van der Waals surface area contributed by atoms with Gasteiger partial charge in [0.15, 0.2) is 0 Å². The highest BCUT2D eigenvalue weighted by Gasteiger charge is 2.18. The summed E-state index contributed by atoms with van der Waals surface area (Å²) in [5, 5.41) is 5.68. The number of anilines is 1. The topological polar surface area (TPSA) is 38.0 Å². The van der Waals surface area contributed by atoms with Gasteiger partial charge < -0.3 is 11.1 Å². The van der Waals surface area contributed by atoms with E-state index >= 15 is 0 Å². The van der Waals surface area contributed by atoms with Crippen LogP contribution in [0.5, 0.6) is 0 Å². The maximum Gasteiger partial charge on any atom is 0.106 e. The van der Waals surface area contributed by atoms with Crippen molar-refractivity contribution in [2.24, 2.45) is 11.7 Å². The first kappa shape index (κ1) is 15.5. The normalized spacial score (nSPS) is 12.4. The maximum atomic E-state index is 5.83. The van der Waals surface area contributed by atoms with Crippen LogP contribution < -0.4 is 11.1 Å². The van der Waals surface area contributed by atoms with E-state index in [1.54, 1.807) is 11.3 Å². The van der Waals surface area contributed by atoms with Crippen molar-refractivity contribution in [2.45, 2.75) is 19.9 Å². The molecule has 1 heterocycles. The average Bonchev–Trinajstić information content (AvgIpc) is 2.90. The third-order valence-corrected chi connectivity index (χ3v) is 4.74. The Balaban J connectivity index is 2.34. The van der Waals surface area contributed by atoms with Gasteiger partial charge in [0.05, 0.1) is 6.04 Å². The average molecular weight is 369 g/mol. The number of nitrogens with two attached hydrogens (primary N) is 1. The molecule has 1 aromatic heterocycles. The smallest absolute Gasteiger partial charge is 0.106 e. The molecular weight excluding hydrogens is 352 g/mol. The lowest BCUT2D eigenvalue weighted by Gasteiger charge is -2.24. The molecule has 0 aliphatic heterocycles. The van der Waals surface area contributed by atoms with Gasteiger partial charge in [-0.25, -0.2) is 0 Å². The first-order valence-corrected chi connectivity index (χ1v) is 8.46. The van der Waals surface area contributed by atoms with Crippen LogP contribution in [0.4, 0.5) is 5.69 Å². The fraction of sp³-hybridized carbons (Fsp3) is 0.267. The quantitative estimate of drug-likeness (QED) is 0.732. The summed E-state index contributed by atoms with van der Waals surface area (Å²) in [5.41, 5.74) is 7.68. The number of thiophene rings is 1. The lowest BCUT2D eigenvalue weighted by atomic mass is 10.0. The fourth-order valence-corrected chi connectivity index (χ4v) is 3.53. The molecule has 0 aliphatic carbocycles. The van der Waals surface area contributed by atoms with Crippen LogP contribution in [0.3, 0.4) is 0 Å². The van der Waals surface area contributed by atoms with Crippen molar-refractivity contribution in [3.8, 4) is 0 Å². The molecule has 0 amide bonds. The molecule has 106 valence electrons. The molecule has 2 aromatic rings. The Kier molecular flexibility index (Phi) is 5.18. The molecule has 0 fully saturated rings. The minimum atomic E-state index is 0.254. The van der Waals surface area contributed by atoms with Gasteiger partial charge in [0.1, 0.15) is 4.99 Å². The van der Waals surface area contributed by atoms with Crippen LogP contribution in [0.25, 0.3) is 0 Å². The van der Waals surface area contributed by atoms with Crippen molar-refractivity contribution >= 4 is 50.2 Å². The van der Waals surface area contributed by atoms with Crippen molar-refractivity contribution in [3.63, 3.8) is 0 Å². The van der Waals surface area contributed by atoms with Crippen molar-refractivity contribution in [3.05, 3.63) is 50.6 Å². The molecule has 5 heteroatoms. The van der Waals surface area contributed by atoms with Crippen LogP contribution in [0.2, 0.25) is 0 Å². The van der Waals surface area contributed by atoms with Gasteiger partial charge in [-0.2, -0.15) is 0 Å². The molecule has 1 aromatic carbocycles. The number of halogens is 1. The van der Waals surface area contributed by atoms with E-state index in [1.807, 2.05) is 18.2 Å².